The van der Waals surface area contributed by atoms with Crippen LogP contribution in [-0.4, -0.2) is 47.5 Å². The van der Waals surface area contributed by atoms with E-state index in [-0.39, 0.29) is 0 Å². The summed E-state index contributed by atoms with van der Waals surface area (Å²) in [6.07, 6.45) is -3.33. The van der Waals surface area contributed by atoms with Crippen molar-refractivity contribution in [2.75, 3.05) is 17.3 Å². The number of carbonyl (C=O) groups excluding carboxylic acids is 1. The Morgan fingerprint density at radius 3 is 2.10 bits per heavy atom. The number of likely N-dealkylation sites (N-methyl/N-ethyl adjacent to an activating group) is 1. The third kappa shape index (κ3) is 4.55. The van der Waals surface area contributed by atoms with Gasteiger partial charge in [-0.2, -0.15) is 0 Å². The van der Waals surface area contributed by atoms with Crippen LogP contribution in [0.2, 0.25) is 0 Å². The Morgan fingerprint density at radius 1 is 1.07 bits per heavy atom. The van der Waals surface area contributed by atoms with Crippen LogP contribution in [0, 0.1) is 5.41 Å². The van der Waals surface area contributed by atoms with Crippen LogP contribution in [0.25, 0.3) is 0 Å². The van der Waals surface area contributed by atoms with E-state index in [1.54, 1.807) is 12.1 Å². The van der Waals surface area contributed by atoms with E-state index >= 15 is 0 Å². The lowest BCUT2D eigenvalue weighted by atomic mass is 9.83. The number of hydrogen-bond donors (Lipinski definition) is 4. The fraction of sp³-hybridized carbons (Fsp3) is 0.550. The molecule has 4 N–H and O–H groups in total. The molecule has 0 saturated heterocycles. The Morgan fingerprint density at radius 2 is 1.66 bits per heavy atom. The van der Waals surface area contributed by atoms with Gasteiger partial charge in [-0.25, -0.2) is 9.59 Å². The van der Waals surface area contributed by atoms with Gasteiger partial charge in [-0.05, 0) is 17.5 Å². The van der Waals surface area contributed by atoms with E-state index in [9.17, 15) is 24.6 Å². The third-order valence-electron chi connectivity index (χ3n) is 4.75. The maximum Gasteiger partial charge on any atom is 0.409 e. The second kappa shape index (κ2) is 7.46. The number of fused-ring (bicyclic) bond motifs is 1. The van der Waals surface area contributed by atoms with Gasteiger partial charge in [0.1, 0.15) is 17.9 Å². The molecule has 9 heteroatoms. The zero-order chi connectivity index (χ0) is 22.3. The van der Waals surface area contributed by atoms with Crippen LogP contribution in [0.15, 0.2) is 12.1 Å². The Balaban J connectivity index is 2.78. The minimum absolute atomic E-state index is 0.337. The van der Waals surface area contributed by atoms with Gasteiger partial charge in [0.25, 0.3) is 5.91 Å². The quantitative estimate of drug-likeness (QED) is 0.594. The van der Waals surface area contributed by atoms with Crippen LogP contribution >= 0.6 is 0 Å². The maximum absolute atomic E-state index is 13.3. The first-order valence-electron chi connectivity index (χ1n) is 9.25. The first-order chi connectivity index (χ1) is 13.1. The van der Waals surface area contributed by atoms with Crippen molar-refractivity contribution in [3.8, 4) is 5.75 Å². The molecule has 1 aliphatic rings. The largest absolute Gasteiger partial charge is 0.485 e. The molecule has 2 rings (SSSR count). The monoisotopic (exact) mass is 407 g/mol. The number of rotatable bonds is 2. The van der Waals surface area contributed by atoms with Crippen LogP contribution in [0.4, 0.5) is 21.0 Å². The highest BCUT2D eigenvalue weighted by molar-refractivity contribution is 6.03. The third-order valence-corrected chi connectivity index (χ3v) is 4.75. The maximum atomic E-state index is 13.3. The topological polar surface area (TPSA) is 128 Å². The molecule has 0 fully saturated rings. The molecule has 160 valence electrons. The normalized spacial score (nSPS) is 19.7. The molecule has 1 aromatic carbocycles. The summed E-state index contributed by atoms with van der Waals surface area (Å²) in [4.78, 5) is 37.3. The number of anilines is 2. The van der Waals surface area contributed by atoms with Gasteiger partial charge in [0.2, 0.25) is 0 Å². The molecule has 0 spiro atoms. The number of carboxylic acid groups (broad SMARTS) is 2. The minimum Gasteiger partial charge on any atom is -0.485 e. The first-order valence-corrected chi connectivity index (χ1v) is 9.25. The van der Waals surface area contributed by atoms with E-state index in [0.29, 0.717) is 22.7 Å². The van der Waals surface area contributed by atoms with E-state index in [2.05, 4.69) is 10.6 Å². The first kappa shape index (κ1) is 22.3. The molecular formula is C20H29N3O6. The molecule has 2 atom stereocenters. The second-order valence-corrected chi connectivity index (χ2v) is 9.24. The summed E-state index contributed by atoms with van der Waals surface area (Å²) in [5.74, 6) is -0.0969. The van der Waals surface area contributed by atoms with E-state index in [0.717, 1.165) is 0 Å². The summed E-state index contributed by atoms with van der Waals surface area (Å²) in [7, 11) is 1.53. The van der Waals surface area contributed by atoms with E-state index in [1.807, 2.05) is 41.5 Å². The van der Waals surface area contributed by atoms with E-state index in [4.69, 9.17) is 4.74 Å². The summed E-state index contributed by atoms with van der Waals surface area (Å²) in [5, 5.41) is 23.2. The number of nitrogens with zero attached hydrogens (tertiary/aromatic N) is 1. The molecule has 0 aliphatic carbocycles. The predicted molar refractivity (Wildman–Crippen MR) is 109 cm³/mol. The number of nitrogens with one attached hydrogen (secondary N) is 2. The van der Waals surface area contributed by atoms with Crippen molar-refractivity contribution in [3.63, 3.8) is 0 Å². The Kier molecular flexibility index (Phi) is 5.74. The number of hydrogen-bond acceptors (Lipinski definition) is 4. The van der Waals surface area contributed by atoms with Crippen molar-refractivity contribution in [1.29, 1.82) is 0 Å². The number of ether oxygens (including phenoxy) is 1. The number of amides is 3. The minimum atomic E-state index is -1.33. The lowest BCUT2D eigenvalue weighted by molar-refractivity contribution is -0.123. The highest BCUT2D eigenvalue weighted by Gasteiger charge is 2.45. The molecule has 29 heavy (non-hydrogen) atoms. The van der Waals surface area contributed by atoms with E-state index in [1.165, 1.54) is 11.9 Å². The van der Waals surface area contributed by atoms with Crippen molar-refractivity contribution < 1.29 is 29.3 Å². The molecule has 0 radical (unpaired) electrons. The van der Waals surface area contributed by atoms with Crippen molar-refractivity contribution in [3.05, 3.63) is 17.7 Å². The van der Waals surface area contributed by atoms with Crippen LogP contribution in [0.3, 0.4) is 0 Å². The standard InChI is InChI=1S/C20H29N3O6/c1-19(2,3)12-10(21-17(25)26)8-9-11-14(12)23(7)16(24)13(22-18(27)28)15(29-11)20(4,5)6/h8-9,13,15,21-22H,1-7H3,(H,25,26)(H,27,28)/t13?,15-/m1/s1. The van der Waals surface area contributed by atoms with Crippen LogP contribution in [0.1, 0.15) is 47.1 Å². The van der Waals surface area contributed by atoms with Crippen LogP contribution in [0.5, 0.6) is 5.75 Å². The summed E-state index contributed by atoms with van der Waals surface area (Å²) < 4.78 is 6.21. The predicted octanol–water partition coefficient (Wildman–Crippen LogP) is 3.48. The molecule has 0 saturated carbocycles. The SMILES string of the molecule is CN1C(=O)C(NC(=O)O)[C@H](C(C)(C)C)Oc2ccc(NC(=O)O)c(C(C)(C)C)c21. The molecule has 0 aromatic heterocycles. The Bertz CT molecular complexity index is 838. The average Bonchev–Trinajstić information content (AvgIpc) is 2.63. The van der Waals surface area contributed by atoms with Gasteiger partial charge in [-0.15, -0.1) is 0 Å². The smallest absolute Gasteiger partial charge is 0.409 e. The lowest BCUT2D eigenvalue weighted by Crippen LogP contribution is -2.57. The zero-order valence-electron chi connectivity index (χ0n) is 17.8. The second-order valence-electron chi connectivity index (χ2n) is 9.24. The average molecular weight is 407 g/mol. The molecular weight excluding hydrogens is 378 g/mol. The molecule has 3 amide bonds. The summed E-state index contributed by atoms with van der Waals surface area (Å²) in [6, 6.07) is 2.06. The van der Waals surface area contributed by atoms with Gasteiger partial charge in [0.15, 0.2) is 0 Å². The summed E-state index contributed by atoms with van der Waals surface area (Å²) in [5.41, 5.74) is 0.224. The molecule has 0 bridgehead atoms. The Labute approximate surface area is 170 Å². The lowest BCUT2D eigenvalue weighted by Gasteiger charge is -2.34. The summed E-state index contributed by atoms with van der Waals surface area (Å²) >= 11 is 0. The van der Waals surface area contributed by atoms with Gasteiger partial charge < -0.3 is 25.2 Å². The van der Waals surface area contributed by atoms with Gasteiger partial charge in [0.05, 0.1) is 11.4 Å². The zero-order valence-corrected chi connectivity index (χ0v) is 17.8. The van der Waals surface area contributed by atoms with Crippen molar-refractivity contribution in [2.24, 2.45) is 5.41 Å². The number of benzene rings is 1. The van der Waals surface area contributed by atoms with Gasteiger partial charge in [-0.3, -0.25) is 10.1 Å². The van der Waals surface area contributed by atoms with Crippen molar-refractivity contribution in [2.45, 2.75) is 59.1 Å². The number of carbonyl (C=O) groups is 3. The van der Waals surface area contributed by atoms with Gasteiger partial charge in [0, 0.05) is 18.0 Å². The van der Waals surface area contributed by atoms with Crippen LogP contribution in [-0.2, 0) is 10.2 Å². The van der Waals surface area contributed by atoms with Gasteiger partial charge in [-0.1, -0.05) is 41.5 Å². The molecule has 1 unspecified atom stereocenters. The molecule has 1 heterocycles. The fourth-order valence-corrected chi connectivity index (χ4v) is 3.58. The van der Waals surface area contributed by atoms with Crippen molar-refractivity contribution >= 4 is 29.5 Å². The van der Waals surface area contributed by atoms with Crippen LogP contribution < -0.4 is 20.3 Å². The highest BCUT2D eigenvalue weighted by atomic mass is 16.5. The molecule has 1 aliphatic heterocycles. The van der Waals surface area contributed by atoms with Crippen molar-refractivity contribution in [1.82, 2.24) is 5.32 Å². The Hall–Kier alpha value is -2.97. The highest BCUT2D eigenvalue weighted by Crippen LogP contribution is 2.46. The van der Waals surface area contributed by atoms with Gasteiger partial charge >= 0.3 is 12.2 Å². The molecule has 1 aromatic rings. The molecule has 9 nitrogen and oxygen atoms in total. The fourth-order valence-electron chi connectivity index (χ4n) is 3.58. The van der Waals surface area contributed by atoms with E-state index < -0.39 is 41.1 Å². The summed E-state index contributed by atoms with van der Waals surface area (Å²) in [6.45, 7) is 11.3.